The van der Waals surface area contributed by atoms with Crippen LogP contribution in [-0.2, 0) is 14.3 Å². The standard InChI is InChI=1S/C28H32N4O5S/c1-17-12-32(13-18(2)37-17)22-8-4-6-20(10-22)24-16-38-28(30-24)31-26(34)11-29-27(35)21-7-3-5-19(9-21)23-14-36-15-25(23)33/h3-10,16-18,23,25,33H,11-15H2,1-2H3,(H,29,35)(H,30,31,34)/t17-,18+,23-,25-/m1/s1. The molecule has 0 saturated carbocycles. The summed E-state index contributed by atoms with van der Waals surface area (Å²) in [5, 5.41) is 17.9. The lowest BCUT2D eigenvalue weighted by atomic mass is 9.94. The van der Waals surface area contributed by atoms with Gasteiger partial charge in [-0.3, -0.25) is 9.59 Å². The summed E-state index contributed by atoms with van der Waals surface area (Å²) < 4.78 is 11.2. The second-order valence-electron chi connectivity index (χ2n) is 9.82. The van der Waals surface area contributed by atoms with Crippen LogP contribution in [0.1, 0.15) is 35.7 Å². The summed E-state index contributed by atoms with van der Waals surface area (Å²) in [5.74, 6) is -0.884. The minimum Gasteiger partial charge on any atom is -0.390 e. The first kappa shape index (κ1) is 26.3. The van der Waals surface area contributed by atoms with Crippen molar-refractivity contribution in [2.24, 2.45) is 0 Å². The number of rotatable bonds is 7. The molecule has 2 fully saturated rings. The van der Waals surface area contributed by atoms with E-state index in [1.807, 2.05) is 23.6 Å². The maximum Gasteiger partial charge on any atom is 0.251 e. The maximum atomic E-state index is 12.6. The highest BCUT2D eigenvalue weighted by molar-refractivity contribution is 7.14. The highest BCUT2D eigenvalue weighted by Crippen LogP contribution is 2.29. The van der Waals surface area contributed by atoms with Crippen LogP contribution in [-0.4, -0.2) is 73.1 Å². The molecule has 1 aromatic heterocycles. The fourth-order valence-corrected chi connectivity index (χ4v) is 5.65. The van der Waals surface area contributed by atoms with Crippen LogP contribution >= 0.6 is 11.3 Å². The van der Waals surface area contributed by atoms with E-state index in [1.54, 1.807) is 18.2 Å². The van der Waals surface area contributed by atoms with E-state index in [-0.39, 0.29) is 43.1 Å². The lowest BCUT2D eigenvalue weighted by molar-refractivity contribution is -0.115. The Labute approximate surface area is 225 Å². The first-order chi connectivity index (χ1) is 18.4. The number of hydrogen-bond acceptors (Lipinski definition) is 8. The van der Waals surface area contributed by atoms with Gasteiger partial charge in [-0.25, -0.2) is 4.98 Å². The highest BCUT2D eigenvalue weighted by atomic mass is 32.1. The van der Waals surface area contributed by atoms with Crippen LogP contribution in [0.5, 0.6) is 0 Å². The van der Waals surface area contributed by atoms with Crippen molar-refractivity contribution in [1.82, 2.24) is 10.3 Å². The zero-order valence-corrected chi connectivity index (χ0v) is 22.2. The van der Waals surface area contributed by atoms with Gasteiger partial charge in [-0.15, -0.1) is 11.3 Å². The molecule has 0 spiro atoms. The number of aliphatic hydroxyl groups excluding tert-OH is 1. The fraction of sp³-hybridized carbons (Fsp3) is 0.393. The van der Waals surface area contributed by atoms with Crippen LogP contribution < -0.4 is 15.5 Å². The van der Waals surface area contributed by atoms with Gasteiger partial charge in [0.1, 0.15) is 0 Å². The molecule has 3 N–H and O–H groups in total. The minimum atomic E-state index is -0.587. The normalized spacial score (nSPS) is 23.3. The number of aliphatic hydroxyl groups is 1. The van der Waals surface area contributed by atoms with Crippen molar-refractivity contribution >= 4 is 34.0 Å². The first-order valence-electron chi connectivity index (χ1n) is 12.8. The number of ether oxygens (including phenoxy) is 2. The summed E-state index contributed by atoms with van der Waals surface area (Å²) >= 11 is 1.34. The second-order valence-corrected chi connectivity index (χ2v) is 10.7. The molecule has 10 heteroatoms. The lowest BCUT2D eigenvalue weighted by Crippen LogP contribution is -2.45. The molecule has 0 unspecified atom stereocenters. The molecule has 0 aliphatic carbocycles. The minimum absolute atomic E-state index is 0.160. The molecule has 9 nitrogen and oxygen atoms in total. The number of amides is 2. The van der Waals surface area contributed by atoms with Crippen LogP contribution in [0.3, 0.4) is 0 Å². The molecule has 5 rings (SSSR count). The maximum absolute atomic E-state index is 12.6. The molecule has 2 aromatic carbocycles. The third-order valence-corrected chi connectivity index (χ3v) is 7.47. The summed E-state index contributed by atoms with van der Waals surface area (Å²) in [5.41, 5.74) is 4.13. The molecular weight excluding hydrogens is 504 g/mol. The second kappa shape index (κ2) is 11.6. The fourth-order valence-electron chi connectivity index (χ4n) is 4.91. The van der Waals surface area contributed by atoms with E-state index >= 15 is 0 Å². The summed E-state index contributed by atoms with van der Waals surface area (Å²) in [4.78, 5) is 32.0. The van der Waals surface area contributed by atoms with Crippen molar-refractivity contribution < 1.29 is 24.2 Å². The number of nitrogens with one attached hydrogen (secondary N) is 2. The molecular formula is C28H32N4O5S. The zero-order chi connectivity index (χ0) is 26.6. The molecule has 4 atom stereocenters. The van der Waals surface area contributed by atoms with E-state index < -0.39 is 6.10 Å². The van der Waals surface area contributed by atoms with Gasteiger partial charge in [-0.1, -0.05) is 24.3 Å². The smallest absolute Gasteiger partial charge is 0.251 e. The SMILES string of the molecule is C[C@@H]1CN(c2cccc(-c3csc(NC(=O)CNC(=O)c4cccc([C@H]5COC[C@H]5O)c4)n3)c2)C[C@H](C)O1. The largest absolute Gasteiger partial charge is 0.390 e. The Balaban J connectivity index is 1.16. The molecule has 0 bridgehead atoms. The average molecular weight is 537 g/mol. The van der Waals surface area contributed by atoms with Gasteiger partial charge in [0, 0.05) is 41.2 Å². The molecule has 3 aromatic rings. The Hall–Kier alpha value is -3.31. The number of aromatic nitrogens is 1. The number of carbonyl (C=O) groups excluding carboxylic acids is 2. The molecule has 2 aliphatic heterocycles. The van der Waals surface area contributed by atoms with Crippen molar-refractivity contribution in [3.63, 3.8) is 0 Å². The Bertz CT molecular complexity index is 1290. The number of morpholine rings is 1. The predicted octanol–water partition coefficient (Wildman–Crippen LogP) is 3.27. The quantitative estimate of drug-likeness (QED) is 0.425. The predicted molar refractivity (Wildman–Crippen MR) is 147 cm³/mol. The van der Waals surface area contributed by atoms with Gasteiger partial charge in [0.2, 0.25) is 5.91 Å². The molecule has 3 heterocycles. The van der Waals surface area contributed by atoms with E-state index in [2.05, 4.69) is 46.5 Å². The van der Waals surface area contributed by atoms with E-state index in [0.29, 0.717) is 17.3 Å². The van der Waals surface area contributed by atoms with Gasteiger partial charge in [0.15, 0.2) is 5.13 Å². The van der Waals surface area contributed by atoms with Crippen LogP contribution in [0, 0.1) is 0 Å². The van der Waals surface area contributed by atoms with Crippen molar-refractivity contribution in [3.05, 3.63) is 65.0 Å². The molecule has 200 valence electrons. The molecule has 38 heavy (non-hydrogen) atoms. The average Bonchev–Trinajstić information content (AvgIpc) is 3.56. The van der Waals surface area contributed by atoms with E-state index in [1.165, 1.54) is 11.3 Å². The molecule has 2 aliphatic rings. The summed E-state index contributed by atoms with van der Waals surface area (Å²) in [7, 11) is 0. The van der Waals surface area contributed by atoms with Crippen molar-refractivity contribution in [2.45, 2.75) is 38.1 Å². The first-order valence-corrected chi connectivity index (χ1v) is 13.6. The summed E-state index contributed by atoms with van der Waals surface area (Å²) in [6.45, 7) is 6.35. The third-order valence-electron chi connectivity index (χ3n) is 6.71. The van der Waals surface area contributed by atoms with Gasteiger partial charge in [-0.2, -0.15) is 0 Å². The summed E-state index contributed by atoms with van der Waals surface area (Å²) in [6, 6.07) is 15.3. The Morgan fingerprint density at radius 2 is 1.89 bits per heavy atom. The number of benzene rings is 2. The number of carbonyl (C=O) groups is 2. The monoisotopic (exact) mass is 536 g/mol. The van der Waals surface area contributed by atoms with E-state index in [9.17, 15) is 14.7 Å². The van der Waals surface area contributed by atoms with Gasteiger partial charge in [0.05, 0.1) is 43.8 Å². The van der Waals surface area contributed by atoms with Crippen LogP contribution in [0.25, 0.3) is 11.3 Å². The number of nitrogens with zero attached hydrogens (tertiary/aromatic N) is 2. The van der Waals surface area contributed by atoms with Crippen LogP contribution in [0.4, 0.5) is 10.8 Å². The Morgan fingerprint density at radius 1 is 1.11 bits per heavy atom. The van der Waals surface area contributed by atoms with Gasteiger partial charge < -0.3 is 30.1 Å². The van der Waals surface area contributed by atoms with Gasteiger partial charge in [0.25, 0.3) is 5.91 Å². The zero-order valence-electron chi connectivity index (χ0n) is 21.4. The highest BCUT2D eigenvalue weighted by Gasteiger charge is 2.28. The molecule has 0 radical (unpaired) electrons. The number of thiazole rings is 1. The third kappa shape index (κ3) is 6.21. The van der Waals surface area contributed by atoms with Gasteiger partial charge >= 0.3 is 0 Å². The van der Waals surface area contributed by atoms with Gasteiger partial charge in [-0.05, 0) is 43.7 Å². The summed E-state index contributed by atoms with van der Waals surface area (Å²) in [6.07, 6.45) is -0.248. The molecule has 2 amide bonds. The van der Waals surface area contributed by atoms with E-state index in [4.69, 9.17) is 9.47 Å². The van der Waals surface area contributed by atoms with Crippen molar-refractivity contribution in [2.75, 3.05) is 43.1 Å². The van der Waals surface area contributed by atoms with E-state index in [0.717, 1.165) is 35.6 Å². The number of hydrogen-bond donors (Lipinski definition) is 3. The van der Waals surface area contributed by atoms with Crippen molar-refractivity contribution in [1.29, 1.82) is 0 Å². The number of anilines is 2. The lowest BCUT2D eigenvalue weighted by Gasteiger charge is -2.37. The van der Waals surface area contributed by atoms with Crippen LogP contribution in [0.2, 0.25) is 0 Å². The topological polar surface area (TPSA) is 113 Å². The Morgan fingerprint density at radius 3 is 2.66 bits per heavy atom. The van der Waals surface area contributed by atoms with Crippen LogP contribution in [0.15, 0.2) is 53.9 Å². The molecule has 2 saturated heterocycles. The Kier molecular flexibility index (Phi) is 8.04. The van der Waals surface area contributed by atoms with Crippen molar-refractivity contribution in [3.8, 4) is 11.3 Å².